The molecule has 2 aliphatic rings. The molecule has 1 amide bonds. The molecule has 2 aliphatic heterocycles. The van der Waals surface area contributed by atoms with Gasteiger partial charge in [0.05, 0.1) is 17.5 Å². The molecule has 2 saturated heterocycles. The Morgan fingerprint density at radius 2 is 1.85 bits per heavy atom. The molecular formula is C24H22F3N5O. The number of carbonyl (C=O) groups is 1. The van der Waals surface area contributed by atoms with Crippen molar-refractivity contribution >= 4 is 5.91 Å². The minimum absolute atomic E-state index is 0.0247. The lowest BCUT2D eigenvalue weighted by Gasteiger charge is -2.25. The molecule has 33 heavy (non-hydrogen) atoms. The minimum Gasteiger partial charge on any atom is -0.332 e. The lowest BCUT2D eigenvalue weighted by Crippen LogP contribution is -2.37. The summed E-state index contributed by atoms with van der Waals surface area (Å²) >= 11 is 0. The Hall–Kier alpha value is -3.36. The maximum absolute atomic E-state index is 13.7. The number of nitrogens with zero attached hydrogens (tertiary/aromatic N) is 5. The Bertz CT molecular complexity index is 1170. The van der Waals surface area contributed by atoms with E-state index >= 15 is 0 Å². The number of amides is 1. The number of fused-ring (bicyclic) bond motifs is 2. The number of rotatable bonds is 4. The standard InChI is InChI=1S/C24H22F3N5O/c1-14-4-2-5-18(21(14)22-28-8-3-9-29-22)23(33)32-17-6-7-19(32)15(11-17)10-16-12-31-20(13-30-16)24(25,26)27/h2-5,8-9,12-13,15,17,19H,6-7,10-11H2,1H3. The second kappa shape index (κ2) is 8.20. The van der Waals surface area contributed by atoms with Crippen molar-refractivity contribution in [3.8, 4) is 11.4 Å². The summed E-state index contributed by atoms with van der Waals surface area (Å²) < 4.78 is 38.3. The number of carbonyl (C=O) groups excluding carboxylic acids is 1. The number of hydrogen-bond donors (Lipinski definition) is 0. The number of aromatic nitrogens is 4. The topological polar surface area (TPSA) is 71.9 Å². The lowest BCUT2D eigenvalue weighted by atomic mass is 9.86. The Labute approximate surface area is 188 Å². The summed E-state index contributed by atoms with van der Waals surface area (Å²) in [5.74, 6) is 0.608. The Kier molecular flexibility index (Phi) is 5.34. The smallest absolute Gasteiger partial charge is 0.332 e. The molecule has 0 saturated carbocycles. The van der Waals surface area contributed by atoms with E-state index in [0.717, 1.165) is 36.6 Å². The van der Waals surface area contributed by atoms with E-state index in [1.54, 1.807) is 18.5 Å². The SMILES string of the molecule is Cc1cccc(C(=O)N2C3CCC2C(Cc2cnc(C(F)(F)F)cn2)C3)c1-c1ncccn1. The molecule has 2 aromatic heterocycles. The molecule has 170 valence electrons. The van der Waals surface area contributed by atoms with Gasteiger partial charge < -0.3 is 4.90 Å². The molecule has 0 aliphatic carbocycles. The van der Waals surface area contributed by atoms with Crippen molar-refractivity contribution in [1.29, 1.82) is 0 Å². The van der Waals surface area contributed by atoms with E-state index in [1.807, 2.05) is 30.0 Å². The highest BCUT2D eigenvalue weighted by atomic mass is 19.4. The van der Waals surface area contributed by atoms with Crippen LogP contribution >= 0.6 is 0 Å². The third-order valence-electron chi connectivity index (χ3n) is 6.66. The van der Waals surface area contributed by atoms with Gasteiger partial charge in [0, 0.05) is 36.2 Å². The first-order chi connectivity index (χ1) is 15.8. The first kappa shape index (κ1) is 21.5. The maximum Gasteiger partial charge on any atom is 0.434 e. The zero-order chi connectivity index (χ0) is 23.2. The monoisotopic (exact) mass is 453 g/mol. The third kappa shape index (κ3) is 3.96. The molecule has 3 aromatic rings. The van der Waals surface area contributed by atoms with Crippen LogP contribution in [0.25, 0.3) is 11.4 Å². The summed E-state index contributed by atoms with van der Waals surface area (Å²) in [5.41, 5.74) is 1.76. The summed E-state index contributed by atoms with van der Waals surface area (Å²) in [6.45, 7) is 1.94. The molecule has 0 radical (unpaired) electrons. The van der Waals surface area contributed by atoms with Gasteiger partial charge in [0.1, 0.15) is 0 Å². The van der Waals surface area contributed by atoms with E-state index < -0.39 is 11.9 Å². The minimum atomic E-state index is -4.50. The fourth-order valence-corrected chi connectivity index (χ4v) is 5.23. The Morgan fingerprint density at radius 3 is 2.55 bits per heavy atom. The molecule has 9 heteroatoms. The molecule has 6 nitrogen and oxygen atoms in total. The van der Waals surface area contributed by atoms with Crippen molar-refractivity contribution in [3.05, 3.63) is 71.6 Å². The van der Waals surface area contributed by atoms with E-state index in [2.05, 4.69) is 19.9 Å². The van der Waals surface area contributed by atoms with E-state index in [4.69, 9.17) is 0 Å². The summed E-state index contributed by atoms with van der Waals surface area (Å²) in [4.78, 5) is 31.9. The fourth-order valence-electron chi connectivity index (χ4n) is 5.23. The fraction of sp³-hybridized carbons (Fsp3) is 0.375. The predicted molar refractivity (Wildman–Crippen MR) is 114 cm³/mol. The maximum atomic E-state index is 13.7. The van der Waals surface area contributed by atoms with E-state index in [0.29, 0.717) is 23.5 Å². The van der Waals surface area contributed by atoms with Crippen molar-refractivity contribution in [2.75, 3.05) is 0 Å². The molecule has 4 heterocycles. The van der Waals surface area contributed by atoms with Crippen LogP contribution in [0.5, 0.6) is 0 Å². The number of alkyl halides is 3. The predicted octanol–water partition coefficient (Wildman–Crippen LogP) is 4.50. The third-order valence-corrected chi connectivity index (χ3v) is 6.66. The summed E-state index contributed by atoms with van der Waals surface area (Å²) in [6.07, 6.45) is 3.90. The Balaban J connectivity index is 1.39. The average Bonchev–Trinajstić information content (AvgIpc) is 3.36. The van der Waals surface area contributed by atoms with Crippen molar-refractivity contribution in [3.63, 3.8) is 0 Å². The lowest BCUT2D eigenvalue weighted by molar-refractivity contribution is -0.141. The first-order valence-electron chi connectivity index (χ1n) is 10.9. The van der Waals surface area contributed by atoms with Crippen LogP contribution < -0.4 is 0 Å². The van der Waals surface area contributed by atoms with Crippen LogP contribution in [-0.2, 0) is 12.6 Å². The molecule has 1 aromatic carbocycles. The van der Waals surface area contributed by atoms with Crippen LogP contribution in [0, 0.1) is 12.8 Å². The van der Waals surface area contributed by atoms with Crippen molar-refractivity contribution < 1.29 is 18.0 Å². The molecule has 2 bridgehead atoms. The van der Waals surface area contributed by atoms with Gasteiger partial charge in [-0.1, -0.05) is 12.1 Å². The summed E-state index contributed by atoms with van der Waals surface area (Å²) in [6, 6.07) is 7.49. The Morgan fingerprint density at radius 1 is 1.06 bits per heavy atom. The first-order valence-corrected chi connectivity index (χ1v) is 10.9. The van der Waals surface area contributed by atoms with E-state index in [9.17, 15) is 18.0 Å². The van der Waals surface area contributed by atoms with Gasteiger partial charge in [0.2, 0.25) is 0 Å². The highest BCUT2D eigenvalue weighted by Crippen LogP contribution is 2.44. The van der Waals surface area contributed by atoms with Gasteiger partial charge in [0.25, 0.3) is 5.91 Å². The molecule has 3 unspecified atom stereocenters. The van der Waals surface area contributed by atoms with Crippen molar-refractivity contribution in [2.24, 2.45) is 5.92 Å². The van der Waals surface area contributed by atoms with Crippen LogP contribution in [0.2, 0.25) is 0 Å². The molecule has 2 fully saturated rings. The second-order valence-electron chi connectivity index (χ2n) is 8.67. The normalized spacial score (nSPS) is 22.1. The van der Waals surface area contributed by atoms with Gasteiger partial charge in [-0.2, -0.15) is 13.2 Å². The van der Waals surface area contributed by atoms with Crippen LogP contribution in [0.1, 0.15) is 46.6 Å². The zero-order valence-corrected chi connectivity index (χ0v) is 18.0. The molecule has 0 N–H and O–H groups in total. The van der Waals surface area contributed by atoms with E-state index in [1.165, 1.54) is 6.20 Å². The quantitative estimate of drug-likeness (QED) is 0.582. The van der Waals surface area contributed by atoms with Crippen LogP contribution in [0.4, 0.5) is 13.2 Å². The molecular weight excluding hydrogens is 431 g/mol. The summed E-state index contributed by atoms with van der Waals surface area (Å²) in [7, 11) is 0. The largest absolute Gasteiger partial charge is 0.434 e. The average molecular weight is 453 g/mol. The summed E-state index contributed by atoms with van der Waals surface area (Å²) in [5, 5.41) is 0. The number of benzene rings is 1. The second-order valence-corrected chi connectivity index (χ2v) is 8.67. The number of halogens is 3. The van der Waals surface area contributed by atoms with Crippen LogP contribution in [0.3, 0.4) is 0 Å². The van der Waals surface area contributed by atoms with Gasteiger partial charge in [-0.25, -0.2) is 15.0 Å². The molecule has 0 spiro atoms. The van der Waals surface area contributed by atoms with Gasteiger partial charge >= 0.3 is 6.18 Å². The molecule has 3 atom stereocenters. The van der Waals surface area contributed by atoms with Gasteiger partial charge in [-0.05, 0) is 56.2 Å². The van der Waals surface area contributed by atoms with Crippen molar-refractivity contribution in [2.45, 2.75) is 50.9 Å². The number of hydrogen-bond acceptors (Lipinski definition) is 5. The van der Waals surface area contributed by atoms with Crippen molar-refractivity contribution in [1.82, 2.24) is 24.8 Å². The molecule has 5 rings (SSSR count). The number of aryl methyl sites for hydroxylation is 1. The van der Waals surface area contributed by atoms with Gasteiger partial charge in [-0.3, -0.25) is 9.78 Å². The van der Waals surface area contributed by atoms with Crippen LogP contribution in [-0.4, -0.2) is 42.8 Å². The zero-order valence-electron chi connectivity index (χ0n) is 18.0. The van der Waals surface area contributed by atoms with Gasteiger partial charge in [-0.15, -0.1) is 0 Å². The van der Waals surface area contributed by atoms with Crippen LogP contribution in [0.15, 0.2) is 49.1 Å². The van der Waals surface area contributed by atoms with E-state index in [-0.39, 0.29) is 23.9 Å². The highest BCUT2D eigenvalue weighted by Gasteiger charge is 2.49. The highest BCUT2D eigenvalue weighted by molar-refractivity contribution is 6.01. The van der Waals surface area contributed by atoms with Gasteiger partial charge in [0.15, 0.2) is 11.5 Å².